The van der Waals surface area contributed by atoms with Crippen LogP contribution < -0.4 is 29.0 Å². The summed E-state index contributed by atoms with van der Waals surface area (Å²) in [7, 11) is 0. The second-order valence-electron chi connectivity index (χ2n) is 23.0. The van der Waals surface area contributed by atoms with Crippen LogP contribution in [-0.4, -0.2) is 43.7 Å². The Labute approximate surface area is 546 Å². The third-order valence-electron chi connectivity index (χ3n) is 17.1. The monoisotopic (exact) mass is 1250 g/mol. The molecule has 0 atom stereocenters. The van der Waals surface area contributed by atoms with Crippen LogP contribution in [0.15, 0.2) is 265 Å². The molecule has 4 aliphatic heterocycles. The molecule has 4 aromatic carbocycles. The standard InChI is InChI=1S/C77H62N8O4.Y/c1-50(86)58-21-13-17-54(41-58)45-80-37-9-5-25-66(80)74-62-29-30-63(78-62)75(67-26-6-10-38-81(67)46-55-18-14-22-59(42-55)51(2)87)72-35-36-73-77(69-28-8-12-40-83(69)48-57-20-16-24-61(44-57)53(4)89)65-32-31-64(79-65)76(71-34-33-70(74)84(71)49-85(72)73)68-27-7-11-39-82(68)47-56-19-15-23-60(43-56)52(3)88;/h5-44H,45-49H2,1-4H3;/q+4;. The summed E-state index contributed by atoms with van der Waals surface area (Å²) in [5.74, 6) is 0.0138. The van der Waals surface area contributed by atoms with E-state index in [4.69, 9.17) is 9.98 Å². The normalized spacial score (nSPS) is 13.7. The molecule has 6 bridgehead atoms. The molecule has 0 aliphatic carbocycles. The maximum atomic E-state index is 12.8. The first-order valence-corrected chi connectivity index (χ1v) is 29.9. The van der Waals surface area contributed by atoms with Crippen LogP contribution in [0.2, 0.25) is 0 Å². The Bertz CT molecular complexity index is 4720. The summed E-state index contributed by atoms with van der Waals surface area (Å²) in [6.07, 6.45) is 16.9. The number of nitrogens with zero attached hydrogens (tertiary/aromatic N) is 8. The van der Waals surface area contributed by atoms with Crippen LogP contribution in [0.4, 0.5) is 0 Å². The van der Waals surface area contributed by atoms with Gasteiger partial charge in [-0.25, -0.2) is 9.98 Å². The molecule has 10 heterocycles. The number of allylic oxidation sites excluding steroid dienone is 4. The van der Waals surface area contributed by atoms with Gasteiger partial charge in [-0.3, -0.25) is 19.2 Å². The Morgan fingerprint density at radius 1 is 0.356 bits per heavy atom. The topological polar surface area (TPSA) is 118 Å². The number of hydrogen-bond acceptors (Lipinski definition) is 6. The van der Waals surface area contributed by atoms with E-state index in [0.717, 1.165) is 112 Å². The first-order chi connectivity index (χ1) is 43.4. The number of pyridine rings is 4. The average Bonchev–Trinajstić information content (AvgIpc) is 1.83. The molecule has 12 nitrogen and oxygen atoms in total. The van der Waals surface area contributed by atoms with E-state index in [9.17, 15) is 19.2 Å². The average molecular weight is 1250 g/mol. The van der Waals surface area contributed by atoms with Crippen LogP contribution in [0.1, 0.15) is 126 Å². The quantitative estimate of drug-likeness (QED) is 0.0707. The molecule has 6 aromatic heterocycles. The van der Waals surface area contributed by atoms with Gasteiger partial charge in [-0.05, 0) is 125 Å². The molecule has 0 saturated heterocycles. The minimum absolute atomic E-state index is 0. The minimum atomic E-state index is 0. The number of benzene rings is 4. The molecule has 0 fully saturated rings. The molecular weight excluding hydrogens is 1190 g/mol. The van der Waals surface area contributed by atoms with Crippen LogP contribution in [0, 0.1) is 0 Å². The number of carbonyl (C=O) groups is 4. The molecule has 14 rings (SSSR count). The summed E-state index contributed by atoms with van der Waals surface area (Å²) in [5, 5.41) is 1.83. The summed E-state index contributed by atoms with van der Waals surface area (Å²) in [5.41, 5.74) is 18.7. The number of aliphatic imine (C=N–C) groups is 2. The van der Waals surface area contributed by atoms with Crippen molar-refractivity contribution in [2.24, 2.45) is 9.98 Å². The molecule has 13 heteroatoms. The van der Waals surface area contributed by atoms with Gasteiger partial charge in [0.2, 0.25) is 22.8 Å². The van der Waals surface area contributed by atoms with Crippen LogP contribution in [0.5, 0.6) is 0 Å². The molecule has 0 unspecified atom stereocenters. The van der Waals surface area contributed by atoms with E-state index in [1.807, 2.05) is 97.1 Å². The second kappa shape index (κ2) is 24.8. The van der Waals surface area contributed by atoms with Crippen molar-refractivity contribution in [1.82, 2.24) is 9.13 Å². The number of rotatable bonds is 16. The summed E-state index contributed by atoms with van der Waals surface area (Å²) in [6, 6.07) is 65.4. The predicted molar refractivity (Wildman–Crippen MR) is 342 cm³/mol. The molecule has 1 radical (unpaired) electrons. The Morgan fingerprint density at radius 2 is 0.667 bits per heavy atom. The predicted octanol–water partition coefficient (Wildman–Crippen LogP) is 9.91. The molecule has 0 saturated carbocycles. The summed E-state index contributed by atoms with van der Waals surface area (Å²) >= 11 is 0. The zero-order chi connectivity index (χ0) is 60.9. The number of Topliss-reactive ketones (excluding diaryl/α,β-unsaturated/α-hetero) is 4. The van der Waals surface area contributed by atoms with Gasteiger partial charge in [0.25, 0.3) is 0 Å². The van der Waals surface area contributed by atoms with Gasteiger partial charge < -0.3 is 9.13 Å². The zero-order valence-electron chi connectivity index (χ0n) is 50.4. The fraction of sp³-hybridized carbons (Fsp3) is 0.117. The van der Waals surface area contributed by atoms with Gasteiger partial charge in [0.15, 0.2) is 74.1 Å². The van der Waals surface area contributed by atoms with E-state index >= 15 is 0 Å². The fourth-order valence-electron chi connectivity index (χ4n) is 12.8. The smallest absolute Gasteiger partial charge is 0.217 e. The van der Waals surface area contributed by atoms with Gasteiger partial charge in [0.1, 0.15) is 6.67 Å². The fourth-order valence-corrected chi connectivity index (χ4v) is 12.8. The van der Waals surface area contributed by atoms with E-state index in [0.29, 0.717) is 55.1 Å². The number of ketones is 4. The van der Waals surface area contributed by atoms with Crippen LogP contribution >= 0.6 is 0 Å². The van der Waals surface area contributed by atoms with Gasteiger partial charge in [-0.1, -0.05) is 72.8 Å². The van der Waals surface area contributed by atoms with Gasteiger partial charge in [-0.2, -0.15) is 18.3 Å². The Kier molecular flexibility index (Phi) is 16.2. The molecule has 90 heavy (non-hydrogen) atoms. The second-order valence-corrected chi connectivity index (χ2v) is 23.0. The van der Waals surface area contributed by atoms with Gasteiger partial charge in [-0.15, -0.1) is 0 Å². The zero-order valence-corrected chi connectivity index (χ0v) is 53.3. The third-order valence-corrected chi connectivity index (χ3v) is 17.1. The van der Waals surface area contributed by atoms with Crippen LogP contribution in [0.25, 0.3) is 22.3 Å². The maximum Gasteiger partial charge on any atom is 0.217 e. The van der Waals surface area contributed by atoms with Gasteiger partial charge >= 0.3 is 0 Å². The molecule has 0 N–H and O–H groups in total. The molecule has 0 amide bonds. The van der Waals surface area contributed by atoms with Crippen LogP contribution in [-0.2, 0) is 65.6 Å². The van der Waals surface area contributed by atoms with Crippen molar-refractivity contribution in [2.45, 2.75) is 60.5 Å². The van der Waals surface area contributed by atoms with Crippen molar-refractivity contribution in [3.63, 3.8) is 0 Å². The Balaban J connectivity index is 0.00000743. The van der Waals surface area contributed by atoms with E-state index in [-0.39, 0.29) is 55.8 Å². The number of carbonyl (C=O) groups excluding carboxylic acids is 4. The molecular formula is C77H62N8O4Y+4. The van der Waals surface area contributed by atoms with Crippen molar-refractivity contribution < 1.29 is 70.2 Å². The number of fused-ring (bicyclic) bond motifs is 2. The van der Waals surface area contributed by atoms with Crippen molar-refractivity contribution in [1.29, 1.82) is 0 Å². The minimum Gasteiger partial charge on any atom is -0.321 e. The third kappa shape index (κ3) is 11.3. The summed E-state index contributed by atoms with van der Waals surface area (Å²) in [4.78, 5) is 62.9. The van der Waals surface area contributed by atoms with Gasteiger partial charge in [0.05, 0.1) is 67.2 Å². The largest absolute Gasteiger partial charge is 0.321 e. The Hall–Kier alpha value is -10.1. The van der Waals surface area contributed by atoms with E-state index < -0.39 is 0 Å². The molecule has 433 valence electrons. The first-order valence-electron chi connectivity index (χ1n) is 29.9. The van der Waals surface area contributed by atoms with Crippen molar-refractivity contribution in [2.75, 3.05) is 0 Å². The van der Waals surface area contributed by atoms with Crippen molar-refractivity contribution >= 4 is 56.8 Å². The first kappa shape index (κ1) is 58.9. The van der Waals surface area contributed by atoms with E-state index in [1.54, 1.807) is 27.7 Å². The van der Waals surface area contributed by atoms with Crippen molar-refractivity contribution in [3.05, 3.63) is 344 Å². The molecule has 10 aromatic rings. The summed E-state index contributed by atoms with van der Waals surface area (Å²) < 4.78 is 13.8. The SMILES string of the molecule is CC(=O)c1cccc(C[n+]2ccccc2C2=C3C=CC(=N3)C(c3cccc[n+]3Cc3cccc(C(C)=O)c3)=c3ccc4n3Cn3c2ccc3C(c2cccc[n+]2Cc2cccc(C(C)=O)c2)=C2C=CC(=N2)C=4c2cccc[n+]2Cc2cccc(C(C)=O)c2)c1.[Y]. The molecule has 0 spiro atoms. The number of aromatic nitrogens is 6. The maximum absolute atomic E-state index is 12.8. The Morgan fingerprint density at radius 3 is 0.978 bits per heavy atom. The summed E-state index contributed by atoms with van der Waals surface area (Å²) in [6.45, 7) is 8.62. The molecule has 4 aliphatic rings. The van der Waals surface area contributed by atoms with E-state index in [2.05, 4.69) is 174 Å². The number of hydrogen-bond donors (Lipinski definition) is 0. The van der Waals surface area contributed by atoms with Gasteiger partial charge in [0, 0.05) is 126 Å². The van der Waals surface area contributed by atoms with Crippen LogP contribution in [0.3, 0.4) is 0 Å². The van der Waals surface area contributed by atoms with Crippen molar-refractivity contribution in [3.8, 4) is 0 Å². The van der Waals surface area contributed by atoms with E-state index in [1.165, 1.54) is 0 Å².